The highest BCUT2D eigenvalue weighted by molar-refractivity contribution is 9.11. The predicted molar refractivity (Wildman–Crippen MR) is 91.2 cm³/mol. The number of halogens is 4. The van der Waals surface area contributed by atoms with Crippen LogP contribution in [0.1, 0.15) is 0 Å². The molecule has 0 bridgehead atoms. The van der Waals surface area contributed by atoms with Crippen LogP contribution >= 0.6 is 47.8 Å². The fourth-order valence-electron chi connectivity index (χ4n) is 1.58. The van der Waals surface area contributed by atoms with Gasteiger partial charge in [-0.3, -0.25) is 4.72 Å². The van der Waals surface area contributed by atoms with Gasteiger partial charge in [-0.15, -0.1) is 0 Å². The number of nitrogens with one attached hydrogen (secondary N) is 1. The zero-order valence-electron chi connectivity index (χ0n) is 10.2. The first-order chi connectivity index (χ1) is 9.70. The van der Waals surface area contributed by atoms with Crippen LogP contribution in [0.3, 0.4) is 0 Å². The average molecular weight is 503 g/mol. The molecule has 0 unspecified atom stereocenters. The van der Waals surface area contributed by atoms with Gasteiger partial charge < -0.3 is 5.73 Å². The molecule has 0 spiro atoms. The number of rotatable bonds is 3. The predicted octanol–water partition coefficient (Wildman–Crippen LogP) is 4.50. The van der Waals surface area contributed by atoms with E-state index in [2.05, 4.69) is 52.5 Å². The van der Waals surface area contributed by atoms with Crippen LogP contribution in [0.2, 0.25) is 0 Å². The molecule has 21 heavy (non-hydrogen) atoms. The van der Waals surface area contributed by atoms with Gasteiger partial charge in [-0.05, 0) is 46.3 Å². The summed E-state index contributed by atoms with van der Waals surface area (Å²) in [4.78, 5) is -0.458. The highest BCUT2D eigenvalue weighted by atomic mass is 79.9. The molecule has 0 radical (unpaired) electrons. The van der Waals surface area contributed by atoms with Crippen LogP contribution in [0.5, 0.6) is 0 Å². The third-order valence-electron chi connectivity index (χ3n) is 2.51. The second-order valence-corrected chi connectivity index (χ2v) is 8.37. The van der Waals surface area contributed by atoms with E-state index in [1.54, 1.807) is 12.1 Å². The van der Waals surface area contributed by atoms with Crippen LogP contribution in [0, 0.1) is 5.82 Å². The lowest BCUT2D eigenvalue weighted by Crippen LogP contribution is -2.16. The minimum absolute atomic E-state index is 0.153. The summed E-state index contributed by atoms with van der Waals surface area (Å²) in [6.45, 7) is 0. The van der Waals surface area contributed by atoms with Crippen LogP contribution in [0.15, 0.2) is 48.6 Å². The normalized spacial score (nSPS) is 11.4. The van der Waals surface area contributed by atoms with E-state index in [9.17, 15) is 12.8 Å². The summed E-state index contributed by atoms with van der Waals surface area (Å²) in [6, 6.07) is 6.86. The Kier molecular flexibility index (Phi) is 4.96. The van der Waals surface area contributed by atoms with Crippen molar-refractivity contribution in [2.45, 2.75) is 4.90 Å². The van der Waals surface area contributed by atoms with E-state index >= 15 is 0 Å². The van der Waals surface area contributed by atoms with Gasteiger partial charge in [0.25, 0.3) is 10.0 Å². The molecule has 0 aromatic heterocycles. The van der Waals surface area contributed by atoms with Gasteiger partial charge in [0.15, 0.2) is 0 Å². The molecule has 2 aromatic rings. The molecule has 2 aromatic carbocycles. The maximum Gasteiger partial charge on any atom is 0.264 e. The standard InChI is InChI=1S/C12H8Br3FN2O2S/c13-6-1-2-11(9(16)4-6)21(19,20)18-12-8(15)3-7(14)5-10(12)17/h1-5,18H,17H2. The maximum atomic E-state index is 13.8. The third kappa shape index (κ3) is 3.77. The molecule has 0 aliphatic heterocycles. The van der Waals surface area contributed by atoms with Crippen LogP contribution in [0.4, 0.5) is 15.8 Å². The Morgan fingerprint density at radius 1 is 1.05 bits per heavy atom. The molecule has 2 rings (SSSR count). The lowest BCUT2D eigenvalue weighted by molar-refractivity contribution is 0.570. The van der Waals surface area contributed by atoms with Crippen molar-refractivity contribution in [2.24, 2.45) is 0 Å². The molecule has 3 N–H and O–H groups in total. The van der Waals surface area contributed by atoms with Gasteiger partial charge in [-0.1, -0.05) is 31.9 Å². The topological polar surface area (TPSA) is 72.2 Å². The fourth-order valence-corrected chi connectivity index (χ4v) is 4.57. The molecule has 0 fully saturated rings. The Labute approximate surface area is 146 Å². The summed E-state index contributed by atoms with van der Waals surface area (Å²) in [7, 11) is -4.09. The quantitative estimate of drug-likeness (QED) is 0.607. The van der Waals surface area contributed by atoms with Gasteiger partial charge in [0.2, 0.25) is 0 Å². The van der Waals surface area contributed by atoms with Crippen molar-refractivity contribution in [3.63, 3.8) is 0 Å². The van der Waals surface area contributed by atoms with E-state index in [0.717, 1.165) is 6.07 Å². The van der Waals surface area contributed by atoms with Crippen molar-refractivity contribution in [2.75, 3.05) is 10.5 Å². The van der Waals surface area contributed by atoms with Crippen molar-refractivity contribution in [1.29, 1.82) is 0 Å². The first-order valence-corrected chi connectivity index (χ1v) is 9.29. The van der Waals surface area contributed by atoms with E-state index in [-0.39, 0.29) is 11.4 Å². The summed E-state index contributed by atoms with van der Waals surface area (Å²) in [5.74, 6) is -0.858. The molecule has 112 valence electrons. The van der Waals surface area contributed by atoms with Crippen LogP contribution in [-0.2, 0) is 10.0 Å². The number of benzene rings is 2. The summed E-state index contributed by atoms with van der Waals surface area (Å²) >= 11 is 9.53. The number of nitrogen functional groups attached to an aromatic ring is 1. The maximum absolute atomic E-state index is 13.8. The summed E-state index contributed by atoms with van der Waals surface area (Å²) in [5, 5.41) is 0. The largest absolute Gasteiger partial charge is 0.397 e. The third-order valence-corrected chi connectivity index (χ3v) is 5.46. The Balaban J connectivity index is 2.47. The number of anilines is 2. The molecular weight excluding hydrogens is 495 g/mol. The van der Waals surface area contributed by atoms with Gasteiger partial charge in [-0.2, -0.15) is 0 Å². The van der Waals surface area contributed by atoms with Crippen LogP contribution < -0.4 is 10.5 Å². The first kappa shape index (κ1) is 16.7. The molecule has 0 atom stereocenters. The molecule has 0 saturated carbocycles. The molecule has 0 heterocycles. The minimum atomic E-state index is -4.09. The molecule has 0 aliphatic carbocycles. The first-order valence-electron chi connectivity index (χ1n) is 5.43. The summed E-state index contributed by atoms with van der Waals surface area (Å²) in [6.07, 6.45) is 0. The lowest BCUT2D eigenvalue weighted by Gasteiger charge is -2.13. The highest BCUT2D eigenvalue weighted by Crippen LogP contribution is 2.34. The fraction of sp³-hybridized carbons (Fsp3) is 0. The zero-order valence-corrected chi connectivity index (χ0v) is 15.8. The van der Waals surface area contributed by atoms with E-state index in [1.807, 2.05) is 0 Å². The number of hydrogen-bond donors (Lipinski definition) is 2. The van der Waals surface area contributed by atoms with E-state index in [1.165, 1.54) is 12.1 Å². The number of hydrogen-bond acceptors (Lipinski definition) is 3. The monoisotopic (exact) mass is 500 g/mol. The lowest BCUT2D eigenvalue weighted by atomic mass is 10.3. The van der Waals surface area contributed by atoms with Gasteiger partial charge in [0.1, 0.15) is 10.7 Å². The highest BCUT2D eigenvalue weighted by Gasteiger charge is 2.21. The van der Waals surface area contributed by atoms with Gasteiger partial charge in [0, 0.05) is 13.4 Å². The number of sulfonamides is 1. The van der Waals surface area contributed by atoms with Gasteiger partial charge in [-0.25, -0.2) is 12.8 Å². The second kappa shape index (κ2) is 6.23. The molecular formula is C12H8Br3FN2O2S. The minimum Gasteiger partial charge on any atom is -0.397 e. The van der Waals surface area contributed by atoms with Crippen molar-refractivity contribution in [1.82, 2.24) is 0 Å². The van der Waals surface area contributed by atoms with Crippen molar-refractivity contribution in [3.05, 3.63) is 49.6 Å². The van der Waals surface area contributed by atoms with Crippen molar-refractivity contribution < 1.29 is 12.8 Å². The van der Waals surface area contributed by atoms with Gasteiger partial charge >= 0.3 is 0 Å². The number of nitrogens with two attached hydrogens (primary N) is 1. The Hall–Kier alpha value is -0.640. The summed E-state index contributed by atoms with van der Waals surface area (Å²) in [5.41, 5.74) is 6.14. The van der Waals surface area contributed by atoms with Crippen LogP contribution in [-0.4, -0.2) is 8.42 Å². The zero-order chi connectivity index (χ0) is 15.8. The van der Waals surface area contributed by atoms with Crippen molar-refractivity contribution >= 4 is 69.2 Å². The molecule has 0 saturated heterocycles. The molecule has 4 nitrogen and oxygen atoms in total. The van der Waals surface area contributed by atoms with E-state index < -0.39 is 20.7 Å². The average Bonchev–Trinajstić information content (AvgIpc) is 2.33. The molecule has 9 heteroatoms. The molecule has 0 aliphatic rings. The summed E-state index contributed by atoms with van der Waals surface area (Å²) < 4.78 is 42.2. The SMILES string of the molecule is Nc1cc(Br)cc(Br)c1NS(=O)(=O)c1ccc(Br)cc1F. The Bertz CT molecular complexity index is 789. The second-order valence-electron chi connectivity index (χ2n) is 4.03. The van der Waals surface area contributed by atoms with Crippen LogP contribution in [0.25, 0.3) is 0 Å². The Morgan fingerprint density at radius 3 is 2.29 bits per heavy atom. The van der Waals surface area contributed by atoms with Gasteiger partial charge in [0.05, 0.1) is 11.4 Å². The Morgan fingerprint density at radius 2 is 1.71 bits per heavy atom. The van der Waals surface area contributed by atoms with Crippen molar-refractivity contribution in [3.8, 4) is 0 Å². The smallest absolute Gasteiger partial charge is 0.264 e. The molecule has 0 amide bonds. The van der Waals surface area contributed by atoms with E-state index in [0.29, 0.717) is 13.4 Å². The van der Waals surface area contributed by atoms with E-state index in [4.69, 9.17) is 5.73 Å².